The number of likely N-dealkylation sites (tertiary alicyclic amines) is 1. The van der Waals surface area contributed by atoms with E-state index in [9.17, 15) is 14.3 Å². The minimum absolute atomic E-state index is 0. The molecule has 0 amide bonds. The number of hydrogen-bond acceptors (Lipinski definition) is 3. The standard InChI is InChI=1S/C35H42FN3O2.2ClH/c1-2-39-34(22-31(37-39)17-24-7-4-3-5-8-24)26-13-15-38(16-14-26)23-29-19-28(33(35(40)41)18-25-11-12-25)21-32(29)27-9-6-10-30(36)20-27;;/h3-10,20,22,25-26,29,32H,2,11-19,21,23H2,1H3,(H,40,41);2*1H/b33-28+;;. The summed E-state index contributed by atoms with van der Waals surface area (Å²) in [6.45, 7) is 6.02. The Morgan fingerprint density at radius 2 is 1.72 bits per heavy atom. The number of hydrogen-bond donors (Lipinski definition) is 1. The molecule has 1 aromatic heterocycles. The molecule has 5 nitrogen and oxygen atoms in total. The fourth-order valence-corrected chi connectivity index (χ4v) is 7.24. The van der Waals surface area contributed by atoms with Gasteiger partial charge in [-0.15, -0.1) is 24.8 Å². The highest BCUT2D eigenvalue weighted by molar-refractivity contribution is 5.87. The number of carboxylic acid groups (broad SMARTS) is 1. The zero-order valence-electron chi connectivity index (χ0n) is 25.0. The molecule has 0 spiro atoms. The van der Waals surface area contributed by atoms with E-state index in [1.165, 1.54) is 17.3 Å². The molecule has 8 heteroatoms. The fraction of sp³-hybridized carbons (Fsp3) is 0.486. The van der Waals surface area contributed by atoms with Crippen molar-refractivity contribution >= 4 is 30.8 Å². The Kier molecular flexibility index (Phi) is 11.5. The number of carboxylic acids is 1. The maximum Gasteiger partial charge on any atom is 0.331 e. The zero-order chi connectivity index (χ0) is 28.3. The van der Waals surface area contributed by atoms with Crippen molar-refractivity contribution in [1.82, 2.24) is 14.7 Å². The monoisotopic (exact) mass is 627 g/mol. The summed E-state index contributed by atoms with van der Waals surface area (Å²) in [6, 6.07) is 19.8. The Morgan fingerprint density at radius 1 is 0.977 bits per heavy atom. The number of nitrogens with zero attached hydrogens (tertiary/aromatic N) is 3. The lowest BCUT2D eigenvalue weighted by Crippen LogP contribution is -2.37. The van der Waals surface area contributed by atoms with Crippen LogP contribution in [0.3, 0.4) is 0 Å². The Bertz CT molecular complexity index is 1400. The van der Waals surface area contributed by atoms with Crippen LogP contribution in [-0.4, -0.2) is 45.4 Å². The molecule has 2 atom stereocenters. The summed E-state index contributed by atoms with van der Waals surface area (Å²) in [5, 5.41) is 15.0. The number of allylic oxidation sites excluding steroid dienone is 1. The summed E-state index contributed by atoms with van der Waals surface area (Å²) in [7, 11) is 0. The number of piperidine rings is 1. The van der Waals surface area contributed by atoms with Crippen LogP contribution in [0.1, 0.15) is 86.2 Å². The summed E-state index contributed by atoms with van der Waals surface area (Å²) in [6.07, 6.45) is 7.56. The molecule has 1 aliphatic heterocycles. The fourth-order valence-electron chi connectivity index (χ4n) is 7.24. The number of aliphatic carboxylic acids is 1. The number of aromatic nitrogens is 2. The van der Waals surface area contributed by atoms with Gasteiger partial charge in [0.1, 0.15) is 5.82 Å². The van der Waals surface area contributed by atoms with E-state index in [-0.39, 0.29) is 36.5 Å². The first kappa shape index (κ1) is 33.2. The normalized spacial score (nSPS) is 22.1. The minimum atomic E-state index is -0.759. The van der Waals surface area contributed by atoms with E-state index in [4.69, 9.17) is 5.10 Å². The molecule has 2 heterocycles. The summed E-state index contributed by atoms with van der Waals surface area (Å²) >= 11 is 0. The molecular formula is C35H44Cl2FN3O2. The molecule has 2 unspecified atom stereocenters. The predicted octanol–water partition coefficient (Wildman–Crippen LogP) is 8.03. The molecule has 2 aromatic carbocycles. The van der Waals surface area contributed by atoms with Gasteiger partial charge >= 0.3 is 5.97 Å². The topological polar surface area (TPSA) is 58.4 Å². The van der Waals surface area contributed by atoms with Crippen LogP contribution in [-0.2, 0) is 17.8 Å². The SMILES string of the molecule is CCn1nc(Cc2ccccc2)cc1C1CCN(CC2C/C(=C(/CC3CC3)C(=O)O)CC2c2cccc(F)c2)CC1.Cl.Cl. The van der Waals surface area contributed by atoms with Crippen LogP contribution >= 0.6 is 24.8 Å². The van der Waals surface area contributed by atoms with Crippen molar-refractivity contribution in [3.63, 3.8) is 0 Å². The molecule has 0 radical (unpaired) electrons. The van der Waals surface area contributed by atoms with Gasteiger partial charge in [-0.3, -0.25) is 4.68 Å². The quantitative estimate of drug-likeness (QED) is 0.231. The van der Waals surface area contributed by atoms with Crippen LogP contribution in [0.5, 0.6) is 0 Å². The zero-order valence-corrected chi connectivity index (χ0v) is 26.6. The van der Waals surface area contributed by atoms with Gasteiger partial charge in [0.25, 0.3) is 0 Å². The number of rotatable bonds is 10. The van der Waals surface area contributed by atoms with E-state index in [1.54, 1.807) is 12.1 Å². The molecule has 2 saturated carbocycles. The van der Waals surface area contributed by atoms with E-state index in [0.29, 0.717) is 29.7 Å². The highest BCUT2D eigenvalue weighted by Gasteiger charge is 2.37. The molecule has 6 rings (SSSR count). The van der Waals surface area contributed by atoms with Gasteiger partial charge in [-0.05, 0) is 112 Å². The van der Waals surface area contributed by atoms with Crippen LogP contribution < -0.4 is 0 Å². The van der Waals surface area contributed by atoms with Crippen LogP contribution in [0, 0.1) is 17.7 Å². The molecule has 2 aliphatic carbocycles. The van der Waals surface area contributed by atoms with Crippen LogP contribution in [0.25, 0.3) is 0 Å². The first-order valence-corrected chi connectivity index (χ1v) is 15.5. The Labute approximate surface area is 267 Å². The average Bonchev–Trinajstić information content (AvgIpc) is 3.57. The lowest BCUT2D eigenvalue weighted by molar-refractivity contribution is -0.132. The molecule has 43 heavy (non-hydrogen) atoms. The van der Waals surface area contributed by atoms with Gasteiger partial charge < -0.3 is 10.0 Å². The van der Waals surface area contributed by atoms with Gasteiger partial charge in [-0.1, -0.05) is 48.0 Å². The summed E-state index contributed by atoms with van der Waals surface area (Å²) in [5.41, 5.74) is 6.52. The van der Waals surface area contributed by atoms with Gasteiger partial charge in [-0.25, -0.2) is 9.18 Å². The average molecular weight is 629 g/mol. The lowest BCUT2D eigenvalue weighted by Gasteiger charge is -2.35. The smallest absolute Gasteiger partial charge is 0.331 e. The molecule has 3 aromatic rings. The summed E-state index contributed by atoms with van der Waals surface area (Å²) in [4.78, 5) is 14.8. The van der Waals surface area contributed by atoms with Gasteiger partial charge in [0.2, 0.25) is 0 Å². The number of aryl methyl sites for hydroxylation is 1. The second-order valence-corrected chi connectivity index (χ2v) is 12.5. The van der Waals surface area contributed by atoms with Crippen molar-refractivity contribution in [1.29, 1.82) is 0 Å². The Hall–Kier alpha value is -2.67. The third-order valence-corrected chi connectivity index (χ3v) is 9.58. The van der Waals surface area contributed by atoms with Crippen LogP contribution in [0.4, 0.5) is 4.39 Å². The number of halogens is 3. The van der Waals surface area contributed by atoms with E-state index in [1.807, 2.05) is 6.07 Å². The molecule has 3 fully saturated rings. The Morgan fingerprint density at radius 3 is 2.37 bits per heavy atom. The summed E-state index contributed by atoms with van der Waals surface area (Å²) in [5.74, 6) is 0.521. The minimum Gasteiger partial charge on any atom is -0.478 e. The van der Waals surface area contributed by atoms with Crippen LogP contribution in [0.15, 0.2) is 71.8 Å². The first-order chi connectivity index (χ1) is 20.0. The highest BCUT2D eigenvalue weighted by Crippen LogP contribution is 2.47. The third kappa shape index (κ3) is 8.09. The molecule has 0 bridgehead atoms. The number of benzene rings is 2. The van der Waals surface area contributed by atoms with Crippen molar-refractivity contribution in [3.8, 4) is 0 Å². The predicted molar refractivity (Wildman–Crippen MR) is 174 cm³/mol. The van der Waals surface area contributed by atoms with E-state index in [2.05, 4.69) is 52.9 Å². The summed E-state index contributed by atoms with van der Waals surface area (Å²) < 4.78 is 16.4. The molecule has 3 aliphatic rings. The van der Waals surface area contributed by atoms with Gasteiger partial charge in [-0.2, -0.15) is 5.10 Å². The molecule has 1 saturated heterocycles. The van der Waals surface area contributed by atoms with Gasteiger partial charge in [0.05, 0.1) is 5.69 Å². The van der Waals surface area contributed by atoms with E-state index < -0.39 is 5.97 Å². The van der Waals surface area contributed by atoms with Gasteiger partial charge in [0.15, 0.2) is 0 Å². The molecule has 232 valence electrons. The maximum absolute atomic E-state index is 14.2. The van der Waals surface area contributed by atoms with Crippen molar-refractivity contribution in [2.45, 2.75) is 76.7 Å². The third-order valence-electron chi connectivity index (χ3n) is 9.58. The van der Waals surface area contributed by atoms with Crippen LogP contribution in [0.2, 0.25) is 0 Å². The van der Waals surface area contributed by atoms with Crippen molar-refractivity contribution in [3.05, 3.63) is 100 Å². The first-order valence-electron chi connectivity index (χ1n) is 15.5. The number of carbonyl (C=O) groups is 1. The van der Waals surface area contributed by atoms with E-state index in [0.717, 1.165) is 88.0 Å². The van der Waals surface area contributed by atoms with Gasteiger partial charge in [0, 0.05) is 36.7 Å². The molecular weight excluding hydrogens is 584 g/mol. The lowest BCUT2D eigenvalue weighted by atomic mass is 9.87. The van der Waals surface area contributed by atoms with Crippen molar-refractivity contribution in [2.24, 2.45) is 11.8 Å². The Balaban J connectivity index is 0.00000212. The van der Waals surface area contributed by atoms with Crippen molar-refractivity contribution < 1.29 is 14.3 Å². The maximum atomic E-state index is 14.2. The second-order valence-electron chi connectivity index (χ2n) is 12.5. The van der Waals surface area contributed by atoms with E-state index >= 15 is 0 Å². The van der Waals surface area contributed by atoms with Crippen molar-refractivity contribution in [2.75, 3.05) is 19.6 Å². The second kappa shape index (κ2) is 14.9. The highest BCUT2D eigenvalue weighted by atomic mass is 35.5. The molecule has 1 N–H and O–H groups in total. The largest absolute Gasteiger partial charge is 0.478 e.